The smallest absolute Gasteiger partial charge is 0.161 e. The lowest BCUT2D eigenvalue weighted by molar-refractivity contribution is 0.257. The summed E-state index contributed by atoms with van der Waals surface area (Å²) in [4.78, 5) is 4.25. The molecule has 0 spiro atoms. The highest BCUT2D eigenvalue weighted by Gasteiger charge is 2.24. The van der Waals surface area contributed by atoms with Gasteiger partial charge in [0, 0.05) is 24.7 Å². The van der Waals surface area contributed by atoms with Crippen LogP contribution in [0, 0.1) is 11.2 Å². The van der Waals surface area contributed by atoms with Crippen molar-refractivity contribution in [3.63, 3.8) is 0 Å². The molecule has 2 rings (SSSR count). The minimum Gasteiger partial charge on any atom is -0.384 e. The number of nitrogen functional groups attached to an aromatic ring is 1. The van der Waals surface area contributed by atoms with E-state index in [1.54, 1.807) is 12.1 Å². The van der Waals surface area contributed by atoms with Crippen LogP contribution in [0.1, 0.15) is 18.4 Å². The summed E-state index contributed by atoms with van der Waals surface area (Å²) >= 11 is 3.21. The predicted molar refractivity (Wildman–Crippen MR) is 84.0 cm³/mol. The average Bonchev–Trinajstić information content (AvgIpc) is 2.41. The summed E-state index contributed by atoms with van der Waals surface area (Å²) in [5.41, 5.74) is 6.41. The molecule has 1 aromatic carbocycles. The molecule has 6 heteroatoms. The Morgan fingerprint density at radius 1 is 1.50 bits per heavy atom. The topological polar surface area (TPSA) is 56.4 Å². The molecule has 0 aromatic heterocycles. The minimum atomic E-state index is -0.336. The zero-order valence-corrected chi connectivity index (χ0v) is 13.4. The zero-order valence-electron chi connectivity index (χ0n) is 11.8. The van der Waals surface area contributed by atoms with E-state index in [0.29, 0.717) is 17.3 Å². The number of hydrogen-bond acceptors (Lipinski definition) is 3. The monoisotopic (exact) mass is 342 g/mol. The molecule has 0 saturated carbocycles. The number of hydrogen-bond donors (Lipinski definition) is 2. The van der Waals surface area contributed by atoms with Crippen molar-refractivity contribution in [1.29, 1.82) is 5.41 Å². The zero-order chi connectivity index (χ0) is 14.9. The van der Waals surface area contributed by atoms with Gasteiger partial charge in [-0.25, -0.2) is 4.39 Å². The highest BCUT2D eigenvalue weighted by molar-refractivity contribution is 9.10. The van der Waals surface area contributed by atoms with Crippen molar-refractivity contribution >= 4 is 27.5 Å². The van der Waals surface area contributed by atoms with Gasteiger partial charge in [-0.1, -0.05) is 0 Å². The van der Waals surface area contributed by atoms with Crippen LogP contribution in [-0.4, -0.2) is 44.0 Å². The summed E-state index contributed by atoms with van der Waals surface area (Å²) in [5.74, 6) is -0.468. The van der Waals surface area contributed by atoms with Crippen LogP contribution >= 0.6 is 15.9 Å². The van der Waals surface area contributed by atoms with Gasteiger partial charge < -0.3 is 15.5 Å². The summed E-state index contributed by atoms with van der Waals surface area (Å²) < 4.78 is 14.8. The number of halogens is 2. The molecule has 1 atom stereocenters. The van der Waals surface area contributed by atoms with Gasteiger partial charge in [0.05, 0.1) is 10.2 Å². The fourth-order valence-corrected chi connectivity index (χ4v) is 3.14. The number of piperidine rings is 1. The van der Waals surface area contributed by atoms with E-state index in [9.17, 15) is 4.39 Å². The highest BCUT2D eigenvalue weighted by Crippen LogP contribution is 2.31. The molecule has 1 aliphatic rings. The minimum absolute atomic E-state index is 0.132. The van der Waals surface area contributed by atoms with Gasteiger partial charge in [-0.3, -0.25) is 5.41 Å². The lowest BCUT2D eigenvalue weighted by Crippen LogP contribution is -2.45. The summed E-state index contributed by atoms with van der Waals surface area (Å²) in [6.07, 6.45) is 2.19. The summed E-state index contributed by atoms with van der Waals surface area (Å²) in [6, 6.07) is 3.85. The van der Waals surface area contributed by atoms with E-state index < -0.39 is 0 Å². The predicted octanol–water partition coefficient (Wildman–Crippen LogP) is 2.40. The number of amidine groups is 1. The van der Waals surface area contributed by atoms with Crippen LogP contribution in [-0.2, 0) is 0 Å². The molecule has 1 heterocycles. The number of nitrogens with zero attached hydrogens (tertiary/aromatic N) is 2. The first-order valence-corrected chi connectivity index (χ1v) is 7.45. The third-order valence-electron chi connectivity index (χ3n) is 3.82. The molecule has 0 amide bonds. The molecule has 1 aromatic rings. The molecular formula is C14H20BrFN4. The van der Waals surface area contributed by atoms with Crippen molar-refractivity contribution in [3.05, 3.63) is 28.0 Å². The fourth-order valence-electron chi connectivity index (χ4n) is 2.59. The van der Waals surface area contributed by atoms with Crippen molar-refractivity contribution in [2.45, 2.75) is 18.9 Å². The van der Waals surface area contributed by atoms with E-state index in [-0.39, 0.29) is 16.1 Å². The summed E-state index contributed by atoms with van der Waals surface area (Å²) in [6.45, 7) is 1.67. The average molecular weight is 343 g/mol. The molecule has 4 nitrogen and oxygen atoms in total. The first kappa shape index (κ1) is 15.3. The van der Waals surface area contributed by atoms with Crippen molar-refractivity contribution in [2.24, 2.45) is 5.73 Å². The quantitative estimate of drug-likeness (QED) is 0.655. The van der Waals surface area contributed by atoms with Crippen LogP contribution in [0.3, 0.4) is 0 Å². The van der Waals surface area contributed by atoms with Gasteiger partial charge in [0.2, 0.25) is 0 Å². The Morgan fingerprint density at radius 3 is 2.80 bits per heavy atom. The van der Waals surface area contributed by atoms with Crippen molar-refractivity contribution < 1.29 is 4.39 Å². The Kier molecular flexibility index (Phi) is 4.65. The molecular weight excluding hydrogens is 323 g/mol. The largest absolute Gasteiger partial charge is 0.384 e. The van der Waals surface area contributed by atoms with Gasteiger partial charge in [0.25, 0.3) is 0 Å². The van der Waals surface area contributed by atoms with Crippen LogP contribution in [0.5, 0.6) is 0 Å². The van der Waals surface area contributed by atoms with Gasteiger partial charge in [-0.05, 0) is 55.0 Å². The number of nitrogens with one attached hydrogen (secondary N) is 1. The Morgan fingerprint density at radius 2 is 2.20 bits per heavy atom. The van der Waals surface area contributed by atoms with E-state index in [0.717, 1.165) is 25.9 Å². The van der Waals surface area contributed by atoms with Crippen LogP contribution < -0.4 is 10.6 Å². The summed E-state index contributed by atoms with van der Waals surface area (Å²) in [5, 5.41) is 7.44. The third-order valence-corrected chi connectivity index (χ3v) is 4.59. The van der Waals surface area contributed by atoms with E-state index in [1.807, 2.05) is 0 Å². The first-order chi connectivity index (χ1) is 9.41. The van der Waals surface area contributed by atoms with E-state index >= 15 is 0 Å². The standard InChI is InChI=1S/C14H20BrFN4/c1-19(2)9-4-3-7-20(8-9)11-6-5-10(14(17)18)12(15)13(11)16/h5-6,9H,3-4,7-8H2,1-2H3,(H3,17,18). The second kappa shape index (κ2) is 6.10. The van der Waals surface area contributed by atoms with Crippen molar-refractivity contribution in [2.75, 3.05) is 32.1 Å². The van der Waals surface area contributed by atoms with E-state index in [4.69, 9.17) is 11.1 Å². The van der Waals surface area contributed by atoms with Crippen LogP contribution in [0.2, 0.25) is 0 Å². The second-order valence-electron chi connectivity index (χ2n) is 5.38. The number of nitrogens with two attached hydrogens (primary N) is 1. The lowest BCUT2D eigenvalue weighted by Gasteiger charge is -2.37. The van der Waals surface area contributed by atoms with E-state index in [1.165, 1.54) is 0 Å². The molecule has 3 N–H and O–H groups in total. The molecule has 0 aliphatic carbocycles. The Bertz CT molecular complexity index is 518. The summed E-state index contributed by atoms with van der Waals surface area (Å²) in [7, 11) is 4.11. The number of benzene rings is 1. The van der Waals surface area contributed by atoms with Gasteiger partial charge in [-0.15, -0.1) is 0 Å². The Labute approximate surface area is 127 Å². The normalized spacial score (nSPS) is 19.4. The van der Waals surface area contributed by atoms with Gasteiger partial charge in [0.15, 0.2) is 5.82 Å². The lowest BCUT2D eigenvalue weighted by atomic mass is 10.0. The SMILES string of the molecule is CN(C)C1CCCN(c2ccc(C(=N)N)c(Br)c2F)C1. The maximum Gasteiger partial charge on any atom is 0.161 e. The molecule has 1 saturated heterocycles. The fraction of sp³-hybridized carbons (Fsp3) is 0.500. The molecule has 1 unspecified atom stereocenters. The Hall–Kier alpha value is -1.14. The molecule has 20 heavy (non-hydrogen) atoms. The van der Waals surface area contributed by atoms with Gasteiger partial charge >= 0.3 is 0 Å². The Balaban J connectivity index is 2.29. The first-order valence-electron chi connectivity index (χ1n) is 6.65. The van der Waals surface area contributed by atoms with Crippen LogP contribution in [0.15, 0.2) is 16.6 Å². The number of rotatable bonds is 3. The molecule has 110 valence electrons. The third kappa shape index (κ3) is 2.96. The van der Waals surface area contributed by atoms with Gasteiger partial charge in [0.1, 0.15) is 5.84 Å². The maximum atomic E-state index is 14.5. The number of anilines is 1. The van der Waals surface area contributed by atoms with Gasteiger partial charge in [-0.2, -0.15) is 0 Å². The van der Waals surface area contributed by atoms with E-state index in [2.05, 4.69) is 39.8 Å². The number of likely N-dealkylation sites (N-methyl/N-ethyl adjacent to an activating group) is 1. The van der Waals surface area contributed by atoms with Crippen molar-refractivity contribution in [1.82, 2.24) is 4.90 Å². The van der Waals surface area contributed by atoms with Crippen LogP contribution in [0.25, 0.3) is 0 Å². The van der Waals surface area contributed by atoms with Crippen molar-refractivity contribution in [3.8, 4) is 0 Å². The maximum absolute atomic E-state index is 14.5. The highest BCUT2D eigenvalue weighted by atomic mass is 79.9. The second-order valence-corrected chi connectivity index (χ2v) is 6.17. The molecule has 1 aliphatic heterocycles. The molecule has 0 radical (unpaired) electrons. The molecule has 0 bridgehead atoms. The van der Waals surface area contributed by atoms with Crippen LogP contribution in [0.4, 0.5) is 10.1 Å². The molecule has 1 fully saturated rings.